The molecule has 186 valence electrons. The normalized spacial score (nSPS) is 18.8. The Kier molecular flexibility index (Phi) is 13.0. The van der Waals surface area contributed by atoms with Gasteiger partial charge in [0.2, 0.25) is 5.91 Å². The van der Waals surface area contributed by atoms with Crippen molar-refractivity contribution in [3.05, 3.63) is 35.6 Å². The Morgan fingerprint density at radius 1 is 1.09 bits per heavy atom. The largest absolute Gasteiger partial charge is 0.379 e. The molecule has 0 bridgehead atoms. The molecule has 1 unspecified atom stereocenters. The molecule has 3 N–H and O–H groups in total. The topological polar surface area (TPSA) is 78.0 Å². The number of guanidine groups is 1. The van der Waals surface area contributed by atoms with E-state index in [1.165, 1.54) is 44.2 Å². The van der Waals surface area contributed by atoms with Crippen LogP contribution in [0.3, 0.4) is 0 Å². The highest BCUT2D eigenvalue weighted by molar-refractivity contribution is 14.0. The van der Waals surface area contributed by atoms with Crippen LogP contribution in [0, 0.1) is 11.7 Å². The van der Waals surface area contributed by atoms with E-state index in [4.69, 9.17) is 4.74 Å². The molecular formula is C24H39FIN5O2. The maximum atomic E-state index is 13.4. The molecule has 1 saturated heterocycles. The molecule has 2 fully saturated rings. The predicted octanol–water partition coefficient (Wildman–Crippen LogP) is 3.07. The van der Waals surface area contributed by atoms with Gasteiger partial charge in [-0.2, -0.15) is 0 Å². The van der Waals surface area contributed by atoms with Crippen LogP contribution >= 0.6 is 24.0 Å². The number of nitrogens with one attached hydrogen (secondary N) is 3. The van der Waals surface area contributed by atoms with Crippen LogP contribution in [0.5, 0.6) is 0 Å². The number of halogens is 2. The quantitative estimate of drug-likeness (QED) is 0.183. The zero-order valence-corrected chi connectivity index (χ0v) is 22.0. The van der Waals surface area contributed by atoms with Crippen LogP contribution in [0.1, 0.15) is 50.1 Å². The lowest BCUT2D eigenvalue weighted by molar-refractivity contribution is -0.122. The van der Waals surface area contributed by atoms with Crippen molar-refractivity contribution < 1.29 is 13.9 Å². The van der Waals surface area contributed by atoms with E-state index in [-0.39, 0.29) is 41.7 Å². The molecule has 1 aromatic carbocycles. The number of carbonyl (C=O) groups excluding carboxylic acids is 1. The van der Waals surface area contributed by atoms with E-state index in [1.807, 2.05) is 12.1 Å². The van der Waals surface area contributed by atoms with Crippen LogP contribution in [-0.4, -0.2) is 69.8 Å². The van der Waals surface area contributed by atoms with Crippen molar-refractivity contribution in [2.75, 3.05) is 53.0 Å². The highest BCUT2D eigenvalue weighted by Gasteiger charge is 2.23. The second-order valence-electron chi connectivity index (χ2n) is 8.65. The first-order valence-corrected chi connectivity index (χ1v) is 11.9. The monoisotopic (exact) mass is 575 g/mol. The van der Waals surface area contributed by atoms with Gasteiger partial charge in [-0.3, -0.25) is 14.7 Å². The van der Waals surface area contributed by atoms with E-state index in [0.29, 0.717) is 51.1 Å². The molecule has 9 heteroatoms. The van der Waals surface area contributed by atoms with Gasteiger partial charge in [0.25, 0.3) is 0 Å². The number of hydrogen-bond acceptors (Lipinski definition) is 4. The van der Waals surface area contributed by atoms with Crippen molar-refractivity contribution in [3.8, 4) is 0 Å². The Morgan fingerprint density at radius 2 is 1.76 bits per heavy atom. The van der Waals surface area contributed by atoms with Gasteiger partial charge in [0, 0.05) is 46.2 Å². The lowest BCUT2D eigenvalue weighted by atomic mass is 9.87. The number of rotatable bonds is 9. The van der Waals surface area contributed by atoms with E-state index in [2.05, 4.69) is 25.8 Å². The minimum absolute atomic E-state index is 0. The molecule has 1 saturated carbocycles. The number of morpholine rings is 1. The number of ether oxygens (including phenoxy) is 1. The molecule has 1 atom stereocenters. The minimum atomic E-state index is -0.231. The Labute approximate surface area is 214 Å². The second kappa shape index (κ2) is 15.4. The van der Waals surface area contributed by atoms with Crippen LogP contribution in [0.15, 0.2) is 29.3 Å². The van der Waals surface area contributed by atoms with E-state index < -0.39 is 0 Å². The summed E-state index contributed by atoms with van der Waals surface area (Å²) in [5, 5.41) is 9.67. The summed E-state index contributed by atoms with van der Waals surface area (Å²) in [5.41, 5.74) is 1.06. The van der Waals surface area contributed by atoms with Crippen LogP contribution in [-0.2, 0) is 9.53 Å². The van der Waals surface area contributed by atoms with Gasteiger partial charge in [0.05, 0.1) is 19.3 Å². The molecule has 1 aromatic rings. The van der Waals surface area contributed by atoms with Crippen molar-refractivity contribution in [1.29, 1.82) is 0 Å². The van der Waals surface area contributed by atoms with Gasteiger partial charge in [-0.05, 0) is 36.5 Å². The first-order valence-electron chi connectivity index (χ1n) is 11.9. The first-order chi connectivity index (χ1) is 15.7. The lowest BCUT2D eigenvalue weighted by Gasteiger charge is -2.35. The van der Waals surface area contributed by atoms with Crippen LogP contribution in [0.2, 0.25) is 0 Å². The van der Waals surface area contributed by atoms with Gasteiger partial charge in [-0.15, -0.1) is 24.0 Å². The van der Waals surface area contributed by atoms with E-state index >= 15 is 0 Å². The summed E-state index contributed by atoms with van der Waals surface area (Å²) < 4.78 is 18.9. The Morgan fingerprint density at radius 3 is 2.42 bits per heavy atom. The summed E-state index contributed by atoms with van der Waals surface area (Å²) in [6.07, 6.45) is 6.82. The molecule has 7 nitrogen and oxygen atoms in total. The smallest absolute Gasteiger partial charge is 0.220 e. The minimum Gasteiger partial charge on any atom is -0.379 e. The zero-order valence-electron chi connectivity index (χ0n) is 19.7. The Hall–Kier alpha value is -1.46. The zero-order chi connectivity index (χ0) is 22.6. The number of benzene rings is 1. The maximum absolute atomic E-state index is 13.4. The number of aliphatic imine (C=N–C) groups is 1. The molecule has 0 aromatic heterocycles. The van der Waals surface area contributed by atoms with Crippen molar-refractivity contribution in [1.82, 2.24) is 20.9 Å². The van der Waals surface area contributed by atoms with Gasteiger partial charge in [-0.1, -0.05) is 31.4 Å². The molecule has 0 radical (unpaired) electrons. The van der Waals surface area contributed by atoms with E-state index in [9.17, 15) is 9.18 Å². The van der Waals surface area contributed by atoms with Crippen LogP contribution in [0.4, 0.5) is 4.39 Å². The van der Waals surface area contributed by atoms with Gasteiger partial charge in [0.1, 0.15) is 5.82 Å². The number of carbonyl (C=O) groups is 1. The molecule has 3 rings (SSSR count). The molecule has 1 aliphatic carbocycles. The summed E-state index contributed by atoms with van der Waals surface area (Å²) in [5.74, 6) is 1.15. The summed E-state index contributed by atoms with van der Waals surface area (Å²) in [6.45, 7) is 4.88. The Bertz CT molecular complexity index is 722. The van der Waals surface area contributed by atoms with Gasteiger partial charge < -0.3 is 20.7 Å². The fraction of sp³-hybridized carbons (Fsp3) is 0.667. The summed E-state index contributed by atoms with van der Waals surface area (Å²) in [6, 6.07) is 6.79. The number of nitrogens with zero attached hydrogens (tertiary/aromatic N) is 2. The molecule has 1 heterocycles. The third kappa shape index (κ3) is 9.74. The van der Waals surface area contributed by atoms with E-state index in [1.54, 1.807) is 7.05 Å². The highest BCUT2D eigenvalue weighted by Crippen LogP contribution is 2.26. The lowest BCUT2D eigenvalue weighted by Crippen LogP contribution is -2.47. The van der Waals surface area contributed by atoms with Gasteiger partial charge in [-0.25, -0.2) is 4.39 Å². The second-order valence-corrected chi connectivity index (χ2v) is 8.65. The fourth-order valence-corrected chi connectivity index (χ4v) is 4.55. The van der Waals surface area contributed by atoms with Crippen molar-refractivity contribution in [3.63, 3.8) is 0 Å². The van der Waals surface area contributed by atoms with Crippen molar-refractivity contribution in [2.45, 2.75) is 44.6 Å². The predicted molar refractivity (Wildman–Crippen MR) is 141 cm³/mol. The van der Waals surface area contributed by atoms with Crippen molar-refractivity contribution in [2.24, 2.45) is 10.9 Å². The summed E-state index contributed by atoms with van der Waals surface area (Å²) in [4.78, 5) is 18.8. The number of amides is 1. The molecule has 1 aliphatic heterocycles. The molecule has 2 aliphatic rings. The van der Waals surface area contributed by atoms with E-state index in [0.717, 1.165) is 18.7 Å². The summed E-state index contributed by atoms with van der Waals surface area (Å²) >= 11 is 0. The average Bonchev–Trinajstić information content (AvgIpc) is 2.83. The Balaban J connectivity index is 0.00000385. The standard InChI is InChI=1S/C24H38FN5O2.HI/c1-26-24(28-12-11-27-23(31)17-19-5-3-2-4-6-19)29-18-22(30-13-15-32-16-14-30)20-7-9-21(25)10-8-20;/h7-10,19,22H,2-6,11-18H2,1H3,(H,27,31)(H2,26,28,29);1H. The van der Waals surface area contributed by atoms with Gasteiger partial charge in [0.15, 0.2) is 5.96 Å². The third-order valence-corrected chi connectivity index (χ3v) is 6.37. The highest BCUT2D eigenvalue weighted by atomic mass is 127. The SMILES string of the molecule is CN=C(NCCNC(=O)CC1CCCCC1)NCC(c1ccc(F)cc1)N1CCOCC1.I. The third-order valence-electron chi connectivity index (χ3n) is 6.37. The van der Waals surface area contributed by atoms with Crippen LogP contribution in [0.25, 0.3) is 0 Å². The summed E-state index contributed by atoms with van der Waals surface area (Å²) in [7, 11) is 1.73. The van der Waals surface area contributed by atoms with Crippen LogP contribution < -0.4 is 16.0 Å². The fourth-order valence-electron chi connectivity index (χ4n) is 4.55. The molecular weight excluding hydrogens is 536 g/mol. The van der Waals surface area contributed by atoms with Gasteiger partial charge >= 0.3 is 0 Å². The van der Waals surface area contributed by atoms with Crippen molar-refractivity contribution >= 4 is 35.8 Å². The average molecular weight is 576 g/mol. The molecule has 33 heavy (non-hydrogen) atoms. The maximum Gasteiger partial charge on any atom is 0.220 e. The molecule has 0 spiro atoms. The first kappa shape index (κ1) is 27.8. The molecule has 1 amide bonds. The number of hydrogen-bond donors (Lipinski definition) is 3.